The summed E-state index contributed by atoms with van der Waals surface area (Å²) in [7, 11) is 0. The molecule has 2 saturated heterocycles. The van der Waals surface area contributed by atoms with Gasteiger partial charge in [0.25, 0.3) is 0 Å². The molecule has 0 amide bonds. The topological polar surface area (TPSA) is 12.5 Å². The second-order valence-corrected chi connectivity index (χ2v) is 7.17. The fourth-order valence-electron chi connectivity index (χ4n) is 3.25. The summed E-state index contributed by atoms with van der Waals surface area (Å²) in [5.41, 5.74) is 1.64. The number of nitrogens with zero attached hydrogens (tertiary/aromatic N) is 1. The second-order valence-electron chi connectivity index (χ2n) is 5.87. The van der Waals surface area contributed by atoms with E-state index >= 15 is 0 Å². The average Bonchev–Trinajstić information content (AvgIpc) is 2.81. The summed E-state index contributed by atoms with van der Waals surface area (Å²) in [6.07, 6.45) is 4.75. The third kappa shape index (κ3) is 3.39. The number of alkyl halides is 1. The summed E-state index contributed by atoms with van der Waals surface area (Å²) in [5, 5.41) is 0. The zero-order chi connectivity index (χ0) is 13.1. The molecule has 3 rings (SSSR count). The summed E-state index contributed by atoms with van der Waals surface area (Å²) in [6.45, 7) is 4.45. The van der Waals surface area contributed by atoms with Crippen molar-refractivity contribution in [3.63, 3.8) is 0 Å². The van der Waals surface area contributed by atoms with Crippen LogP contribution >= 0.6 is 15.9 Å². The van der Waals surface area contributed by atoms with Crippen LogP contribution in [0.5, 0.6) is 0 Å². The molecule has 0 aromatic heterocycles. The van der Waals surface area contributed by atoms with Crippen molar-refractivity contribution in [3.05, 3.63) is 35.9 Å². The van der Waals surface area contributed by atoms with Crippen molar-refractivity contribution in [3.8, 4) is 0 Å². The van der Waals surface area contributed by atoms with Gasteiger partial charge in [-0.3, -0.25) is 0 Å². The minimum atomic E-state index is 0.192. The van der Waals surface area contributed by atoms with Crippen LogP contribution in [0.25, 0.3) is 0 Å². The zero-order valence-electron chi connectivity index (χ0n) is 11.4. The van der Waals surface area contributed by atoms with Gasteiger partial charge in [0.1, 0.15) is 0 Å². The summed E-state index contributed by atoms with van der Waals surface area (Å²) in [6, 6.07) is 10.8. The highest BCUT2D eigenvalue weighted by Crippen LogP contribution is 2.38. The van der Waals surface area contributed by atoms with Gasteiger partial charge in [-0.2, -0.15) is 0 Å². The molecule has 0 saturated carbocycles. The highest BCUT2D eigenvalue weighted by atomic mass is 79.9. The predicted molar refractivity (Wildman–Crippen MR) is 81.8 cm³/mol. The standard InChI is InChI=1S/C16H22BrNO/c17-15-12-16(19-13-15)7-10-18(11-8-16)9-6-14-4-2-1-3-5-14/h1-5,15H,6-13H2. The maximum absolute atomic E-state index is 6.03. The predicted octanol–water partition coefficient (Wildman–Crippen LogP) is 3.25. The van der Waals surface area contributed by atoms with Crippen LogP contribution in [0.1, 0.15) is 24.8 Å². The molecule has 1 aromatic rings. The summed E-state index contributed by atoms with van der Waals surface area (Å²) in [5.74, 6) is 0. The molecule has 1 unspecified atom stereocenters. The molecule has 1 atom stereocenters. The van der Waals surface area contributed by atoms with Crippen LogP contribution in [-0.4, -0.2) is 41.6 Å². The van der Waals surface area contributed by atoms with Gasteiger partial charge >= 0.3 is 0 Å². The summed E-state index contributed by atoms with van der Waals surface area (Å²) < 4.78 is 6.03. The molecule has 3 heteroatoms. The Morgan fingerprint density at radius 2 is 1.95 bits per heavy atom. The molecule has 0 aliphatic carbocycles. The van der Waals surface area contributed by atoms with E-state index in [1.807, 2.05) is 0 Å². The minimum Gasteiger partial charge on any atom is -0.374 e. The van der Waals surface area contributed by atoms with Crippen LogP contribution in [0.2, 0.25) is 0 Å². The summed E-state index contributed by atoms with van der Waals surface area (Å²) in [4.78, 5) is 3.16. The average molecular weight is 324 g/mol. The van der Waals surface area contributed by atoms with E-state index in [0.29, 0.717) is 4.83 Å². The lowest BCUT2D eigenvalue weighted by Gasteiger charge is -2.38. The number of hydrogen-bond donors (Lipinski definition) is 0. The Hall–Kier alpha value is -0.380. The lowest BCUT2D eigenvalue weighted by Crippen LogP contribution is -2.44. The van der Waals surface area contributed by atoms with Gasteiger partial charge in [0.15, 0.2) is 0 Å². The van der Waals surface area contributed by atoms with Gasteiger partial charge in [-0.25, -0.2) is 0 Å². The SMILES string of the molecule is BrC1COC2(CCN(CCc3ccccc3)CC2)C1. The third-order valence-electron chi connectivity index (χ3n) is 4.49. The first-order chi connectivity index (χ1) is 9.26. The Morgan fingerprint density at radius 1 is 1.21 bits per heavy atom. The highest BCUT2D eigenvalue weighted by Gasteiger charge is 2.41. The molecule has 2 aliphatic heterocycles. The van der Waals surface area contributed by atoms with E-state index < -0.39 is 0 Å². The molecular formula is C16H22BrNO. The Bertz CT molecular complexity index is 400. The number of rotatable bonds is 3. The second kappa shape index (κ2) is 5.94. The maximum atomic E-state index is 6.03. The molecule has 2 nitrogen and oxygen atoms in total. The van der Waals surface area contributed by atoms with Crippen molar-refractivity contribution in [1.82, 2.24) is 4.90 Å². The van der Waals surface area contributed by atoms with Gasteiger partial charge in [-0.05, 0) is 31.2 Å². The smallest absolute Gasteiger partial charge is 0.0719 e. The summed E-state index contributed by atoms with van der Waals surface area (Å²) >= 11 is 3.69. The lowest BCUT2D eigenvalue weighted by molar-refractivity contribution is -0.0430. The van der Waals surface area contributed by atoms with Crippen LogP contribution in [0.4, 0.5) is 0 Å². The zero-order valence-corrected chi connectivity index (χ0v) is 12.9. The van der Waals surface area contributed by atoms with Crippen LogP contribution in [0.3, 0.4) is 0 Å². The molecule has 0 N–H and O–H groups in total. The molecule has 1 spiro atoms. The van der Waals surface area contributed by atoms with Crippen molar-refractivity contribution in [2.75, 3.05) is 26.2 Å². The van der Waals surface area contributed by atoms with Gasteiger partial charge in [0.2, 0.25) is 0 Å². The Balaban J connectivity index is 1.46. The number of likely N-dealkylation sites (tertiary alicyclic amines) is 1. The molecule has 0 bridgehead atoms. The number of halogens is 1. The number of benzene rings is 1. The first kappa shape index (κ1) is 13.6. The maximum Gasteiger partial charge on any atom is 0.0719 e. The van der Waals surface area contributed by atoms with E-state index in [-0.39, 0.29) is 5.60 Å². The molecule has 19 heavy (non-hydrogen) atoms. The molecule has 1 aromatic carbocycles. The van der Waals surface area contributed by atoms with Crippen molar-refractivity contribution in [1.29, 1.82) is 0 Å². The molecule has 2 aliphatic rings. The lowest BCUT2D eigenvalue weighted by atomic mass is 9.88. The van der Waals surface area contributed by atoms with Gasteiger partial charge in [-0.1, -0.05) is 46.3 Å². The molecule has 2 heterocycles. The van der Waals surface area contributed by atoms with E-state index in [9.17, 15) is 0 Å². The van der Waals surface area contributed by atoms with Crippen LogP contribution in [0.15, 0.2) is 30.3 Å². The van der Waals surface area contributed by atoms with Gasteiger partial charge in [0.05, 0.1) is 12.2 Å². The van der Waals surface area contributed by atoms with Crippen molar-refractivity contribution < 1.29 is 4.74 Å². The van der Waals surface area contributed by atoms with E-state index in [0.717, 1.165) is 13.0 Å². The number of piperidine rings is 1. The molecular weight excluding hydrogens is 302 g/mol. The first-order valence-corrected chi connectivity index (χ1v) is 8.22. The quantitative estimate of drug-likeness (QED) is 0.792. The Morgan fingerprint density at radius 3 is 2.58 bits per heavy atom. The first-order valence-electron chi connectivity index (χ1n) is 7.30. The number of hydrogen-bond acceptors (Lipinski definition) is 2. The molecule has 104 valence electrons. The monoisotopic (exact) mass is 323 g/mol. The van der Waals surface area contributed by atoms with Crippen molar-refractivity contribution in [2.45, 2.75) is 36.1 Å². The van der Waals surface area contributed by atoms with Crippen LogP contribution < -0.4 is 0 Å². The fraction of sp³-hybridized carbons (Fsp3) is 0.625. The normalized spacial score (nSPS) is 26.9. The third-order valence-corrected chi connectivity index (χ3v) is 5.08. The van der Waals surface area contributed by atoms with Crippen LogP contribution in [-0.2, 0) is 11.2 Å². The van der Waals surface area contributed by atoms with Crippen molar-refractivity contribution in [2.24, 2.45) is 0 Å². The van der Waals surface area contributed by atoms with E-state index in [1.54, 1.807) is 0 Å². The van der Waals surface area contributed by atoms with Crippen LogP contribution in [0, 0.1) is 0 Å². The van der Waals surface area contributed by atoms with E-state index in [1.165, 1.54) is 44.5 Å². The van der Waals surface area contributed by atoms with Gasteiger partial charge < -0.3 is 9.64 Å². The molecule has 2 fully saturated rings. The minimum absolute atomic E-state index is 0.192. The Labute approximate surface area is 124 Å². The van der Waals surface area contributed by atoms with E-state index in [2.05, 4.69) is 51.2 Å². The van der Waals surface area contributed by atoms with Gasteiger partial charge in [-0.15, -0.1) is 0 Å². The van der Waals surface area contributed by atoms with E-state index in [4.69, 9.17) is 4.74 Å². The largest absolute Gasteiger partial charge is 0.374 e. The highest BCUT2D eigenvalue weighted by molar-refractivity contribution is 9.09. The van der Waals surface area contributed by atoms with Gasteiger partial charge in [0, 0.05) is 24.5 Å². The Kier molecular flexibility index (Phi) is 4.25. The van der Waals surface area contributed by atoms with Crippen molar-refractivity contribution >= 4 is 15.9 Å². The number of ether oxygens (including phenoxy) is 1. The fourth-order valence-corrected chi connectivity index (χ4v) is 3.98. The molecule has 0 radical (unpaired) electrons.